The van der Waals surface area contributed by atoms with Gasteiger partial charge in [-0.15, -0.1) is 0 Å². The smallest absolute Gasteiger partial charge is 0.336 e. The van der Waals surface area contributed by atoms with Crippen LogP contribution in [0.3, 0.4) is 0 Å². The first-order chi connectivity index (χ1) is 8.49. The van der Waals surface area contributed by atoms with Gasteiger partial charge in [0.25, 0.3) is 0 Å². The monoisotopic (exact) mass is 265 g/mol. The van der Waals surface area contributed by atoms with Gasteiger partial charge >= 0.3 is 5.97 Å². The van der Waals surface area contributed by atoms with E-state index in [4.69, 9.17) is 16.7 Å². The van der Waals surface area contributed by atoms with Crippen LogP contribution in [-0.2, 0) is 0 Å². The Labute approximate surface area is 108 Å². The Bertz CT molecular complexity index is 628. The summed E-state index contributed by atoms with van der Waals surface area (Å²) in [5.74, 6) is -1.44. The molecule has 3 nitrogen and oxygen atoms in total. The van der Waals surface area contributed by atoms with Gasteiger partial charge in [-0.05, 0) is 36.2 Å². The quantitative estimate of drug-likeness (QED) is 0.845. The number of aromatic carboxylic acids is 1. The molecule has 0 radical (unpaired) electrons. The number of benzene rings is 1. The lowest BCUT2D eigenvalue weighted by molar-refractivity contribution is 0.0697. The Balaban J connectivity index is 2.63. The number of pyridine rings is 1. The molecule has 0 unspecified atom stereocenters. The van der Waals surface area contributed by atoms with Crippen molar-refractivity contribution in [3.63, 3.8) is 0 Å². The van der Waals surface area contributed by atoms with Crippen LogP contribution in [-0.4, -0.2) is 16.1 Å². The van der Waals surface area contributed by atoms with E-state index in [9.17, 15) is 9.18 Å². The second-order valence-corrected chi connectivity index (χ2v) is 4.21. The summed E-state index contributed by atoms with van der Waals surface area (Å²) in [7, 11) is 0. The van der Waals surface area contributed by atoms with Crippen LogP contribution in [0.5, 0.6) is 0 Å². The third-order valence-electron chi connectivity index (χ3n) is 2.57. The van der Waals surface area contributed by atoms with E-state index < -0.39 is 5.97 Å². The van der Waals surface area contributed by atoms with Gasteiger partial charge in [0.2, 0.25) is 0 Å². The van der Waals surface area contributed by atoms with Crippen LogP contribution < -0.4 is 0 Å². The van der Waals surface area contributed by atoms with Crippen molar-refractivity contribution in [2.45, 2.75) is 6.92 Å². The van der Waals surface area contributed by atoms with Crippen molar-refractivity contribution in [3.05, 3.63) is 52.6 Å². The summed E-state index contributed by atoms with van der Waals surface area (Å²) in [5, 5.41) is 9.22. The van der Waals surface area contributed by atoms with Gasteiger partial charge in [0.1, 0.15) is 11.0 Å². The van der Waals surface area contributed by atoms with Crippen molar-refractivity contribution >= 4 is 17.6 Å². The maximum Gasteiger partial charge on any atom is 0.336 e. The van der Waals surface area contributed by atoms with Crippen LogP contribution in [0.25, 0.3) is 11.1 Å². The Kier molecular flexibility index (Phi) is 3.30. The number of carboxylic acids is 1. The maximum absolute atomic E-state index is 13.2. The SMILES string of the molecule is Cc1cc(-c2cnc(Cl)cc2C(=O)O)ccc1F. The highest BCUT2D eigenvalue weighted by atomic mass is 35.5. The average molecular weight is 266 g/mol. The molecule has 0 aliphatic carbocycles. The molecular weight excluding hydrogens is 257 g/mol. The Hall–Kier alpha value is -1.94. The Morgan fingerprint density at radius 1 is 1.39 bits per heavy atom. The van der Waals surface area contributed by atoms with Crippen LogP contribution in [0.15, 0.2) is 30.5 Å². The van der Waals surface area contributed by atoms with Gasteiger partial charge in [-0.3, -0.25) is 0 Å². The molecule has 0 bridgehead atoms. The number of halogens is 2. The highest BCUT2D eigenvalue weighted by Gasteiger charge is 2.14. The Morgan fingerprint density at radius 2 is 2.11 bits per heavy atom. The van der Waals surface area contributed by atoms with E-state index in [0.717, 1.165) is 0 Å². The third-order valence-corrected chi connectivity index (χ3v) is 2.78. The van der Waals surface area contributed by atoms with Crippen LogP contribution in [0, 0.1) is 12.7 Å². The predicted molar refractivity (Wildman–Crippen MR) is 66.3 cm³/mol. The summed E-state index contributed by atoms with van der Waals surface area (Å²) in [6, 6.07) is 5.66. The lowest BCUT2D eigenvalue weighted by Gasteiger charge is -2.07. The molecule has 0 saturated carbocycles. The first-order valence-electron chi connectivity index (χ1n) is 5.14. The van der Waals surface area contributed by atoms with E-state index in [1.165, 1.54) is 24.4 Å². The topological polar surface area (TPSA) is 50.2 Å². The molecule has 1 aromatic carbocycles. The Morgan fingerprint density at radius 3 is 2.72 bits per heavy atom. The molecule has 1 heterocycles. The van der Waals surface area contributed by atoms with Crippen molar-refractivity contribution in [1.29, 1.82) is 0 Å². The molecule has 2 rings (SSSR count). The van der Waals surface area contributed by atoms with E-state index in [2.05, 4.69) is 4.98 Å². The lowest BCUT2D eigenvalue weighted by Crippen LogP contribution is -2.01. The van der Waals surface area contributed by atoms with Crippen molar-refractivity contribution in [3.8, 4) is 11.1 Å². The second kappa shape index (κ2) is 4.74. The van der Waals surface area contributed by atoms with Crippen LogP contribution in [0.1, 0.15) is 15.9 Å². The van der Waals surface area contributed by atoms with E-state index in [-0.39, 0.29) is 16.5 Å². The van der Waals surface area contributed by atoms with Gasteiger partial charge in [-0.25, -0.2) is 14.2 Å². The first kappa shape index (κ1) is 12.5. The molecule has 1 aromatic heterocycles. The van der Waals surface area contributed by atoms with Crippen molar-refractivity contribution < 1.29 is 14.3 Å². The summed E-state index contributed by atoms with van der Waals surface area (Å²) in [6.45, 7) is 1.61. The first-order valence-corrected chi connectivity index (χ1v) is 5.52. The van der Waals surface area contributed by atoms with Crippen LogP contribution in [0.4, 0.5) is 4.39 Å². The highest BCUT2D eigenvalue weighted by molar-refractivity contribution is 6.29. The zero-order valence-corrected chi connectivity index (χ0v) is 10.2. The number of rotatable bonds is 2. The van der Waals surface area contributed by atoms with Crippen molar-refractivity contribution in [2.75, 3.05) is 0 Å². The molecule has 2 aromatic rings. The number of carboxylic acid groups (broad SMARTS) is 1. The van der Waals surface area contributed by atoms with Gasteiger partial charge in [0.05, 0.1) is 5.56 Å². The standard InChI is InChI=1S/C13H9ClFNO2/c1-7-4-8(2-3-11(7)15)10-6-16-12(14)5-9(10)13(17)18/h2-6H,1H3,(H,17,18). The van der Waals surface area contributed by atoms with Gasteiger partial charge < -0.3 is 5.11 Å². The molecule has 1 N–H and O–H groups in total. The number of aromatic nitrogens is 1. The molecule has 18 heavy (non-hydrogen) atoms. The summed E-state index contributed by atoms with van der Waals surface area (Å²) in [6.07, 6.45) is 1.37. The van der Waals surface area contributed by atoms with Gasteiger partial charge in [0.15, 0.2) is 0 Å². The molecule has 0 atom stereocenters. The van der Waals surface area contributed by atoms with Crippen LogP contribution in [0.2, 0.25) is 5.15 Å². The maximum atomic E-state index is 13.2. The molecular formula is C13H9ClFNO2. The normalized spacial score (nSPS) is 10.4. The summed E-state index contributed by atoms with van der Waals surface area (Å²) >= 11 is 5.67. The fourth-order valence-corrected chi connectivity index (χ4v) is 1.81. The molecule has 0 spiro atoms. The second-order valence-electron chi connectivity index (χ2n) is 3.82. The number of aryl methyl sites for hydroxylation is 1. The van der Waals surface area contributed by atoms with Crippen LogP contribution >= 0.6 is 11.6 Å². The fourth-order valence-electron chi connectivity index (χ4n) is 1.65. The molecule has 5 heteroatoms. The van der Waals surface area contributed by atoms with Crippen molar-refractivity contribution in [1.82, 2.24) is 4.98 Å². The third kappa shape index (κ3) is 2.33. The highest BCUT2D eigenvalue weighted by Crippen LogP contribution is 2.26. The number of nitrogens with zero attached hydrogens (tertiary/aromatic N) is 1. The van der Waals surface area contributed by atoms with Gasteiger partial charge in [-0.1, -0.05) is 17.7 Å². The van der Waals surface area contributed by atoms with Gasteiger partial charge in [-0.2, -0.15) is 0 Å². The molecule has 0 saturated heterocycles. The minimum atomic E-state index is -1.10. The van der Waals surface area contributed by atoms with Gasteiger partial charge in [0, 0.05) is 11.8 Å². The van der Waals surface area contributed by atoms with E-state index in [0.29, 0.717) is 16.7 Å². The molecule has 92 valence electrons. The molecule has 0 amide bonds. The summed E-state index contributed by atoms with van der Waals surface area (Å²) < 4.78 is 13.2. The van der Waals surface area contributed by atoms with E-state index >= 15 is 0 Å². The minimum absolute atomic E-state index is 0.0426. The number of carbonyl (C=O) groups is 1. The molecule has 0 aliphatic heterocycles. The van der Waals surface area contributed by atoms with E-state index in [1.54, 1.807) is 13.0 Å². The van der Waals surface area contributed by atoms with Crippen molar-refractivity contribution in [2.24, 2.45) is 0 Å². The minimum Gasteiger partial charge on any atom is -0.478 e. The average Bonchev–Trinajstić information content (AvgIpc) is 2.32. The largest absolute Gasteiger partial charge is 0.478 e. The number of hydrogen-bond acceptors (Lipinski definition) is 2. The predicted octanol–water partition coefficient (Wildman–Crippen LogP) is 3.55. The number of hydrogen-bond donors (Lipinski definition) is 1. The molecule has 0 fully saturated rings. The zero-order valence-electron chi connectivity index (χ0n) is 9.45. The summed E-state index contributed by atoms with van der Waals surface area (Å²) in [5.41, 5.74) is 1.49. The van der Waals surface area contributed by atoms with E-state index in [1.807, 2.05) is 0 Å². The fraction of sp³-hybridized carbons (Fsp3) is 0.0769. The molecule has 0 aliphatic rings. The summed E-state index contributed by atoms with van der Waals surface area (Å²) in [4.78, 5) is 15.0. The zero-order chi connectivity index (χ0) is 13.3. The lowest BCUT2D eigenvalue weighted by atomic mass is 10.0.